The Hall–Kier alpha value is -3.52. The molecule has 0 N–H and O–H groups in total. The number of rotatable bonds is 6. The number of benzene rings is 2. The number of anilines is 1. The van der Waals surface area contributed by atoms with Gasteiger partial charge in [0.05, 0.1) is 25.5 Å². The van der Waals surface area contributed by atoms with E-state index in [2.05, 4.69) is 5.92 Å². The maximum absolute atomic E-state index is 13.2. The van der Waals surface area contributed by atoms with Gasteiger partial charge in [0.2, 0.25) is 5.91 Å². The Morgan fingerprint density at radius 2 is 1.89 bits per heavy atom. The van der Waals surface area contributed by atoms with E-state index in [9.17, 15) is 9.59 Å². The zero-order valence-electron chi connectivity index (χ0n) is 14.9. The van der Waals surface area contributed by atoms with Crippen molar-refractivity contribution in [2.75, 3.05) is 18.6 Å². The lowest BCUT2D eigenvalue weighted by atomic mass is 9.93. The number of carbonyl (C=O) groups excluding carboxylic acids is 2. The molecule has 0 spiro atoms. The zero-order chi connectivity index (χ0) is 19.2. The van der Waals surface area contributed by atoms with Gasteiger partial charge in [0.15, 0.2) is 0 Å². The van der Waals surface area contributed by atoms with Crippen LogP contribution in [0.5, 0.6) is 0 Å². The largest absolute Gasteiger partial charge is 0.488 e. The Balaban J connectivity index is 2.00. The normalized spacial score (nSPS) is 15.9. The van der Waals surface area contributed by atoms with Crippen LogP contribution in [0.25, 0.3) is 0 Å². The van der Waals surface area contributed by atoms with Crippen molar-refractivity contribution in [2.45, 2.75) is 12.5 Å². The van der Waals surface area contributed by atoms with Crippen molar-refractivity contribution in [1.29, 1.82) is 0 Å². The van der Waals surface area contributed by atoms with Gasteiger partial charge in [0.25, 0.3) is 0 Å². The van der Waals surface area contributed by atoms with Crippen molar-refractivity contribution in [1.82, 2.24) is 0 Å². The third-order valence-electron chi connectivity index (χ3n) is 4.34. The van der Waals surface area contributed by atoms with Crippen LogP contribution in [0, 0.1) is 12.3 Å². The molecule has 1 aliphatic heterocycles. The summed E-state index contributed by atoms with van der Waals surface area (Å²) in [5.74, 6) is 0.701. The number of methoxy groups -OCH3 is 1. The van der Waals surface area contributed by atoms with Crippen molar-refractivity contribution in [3.05, 3.63) is 77.6 Å². The summed E-state index contributed by atoms with van der Waals surface area (Å²) in [5, 5.41) is 0. The quantitative estimate of drug-likeness (QED) is 0.261. The lowest BCUT2D eigenvalue weighted by molar-refractivity contribution is -0.137. The van der Waals surface area contributed by atoms with Crippen LogP contribution in [0.15, 0.2) is 66.4 Å². The maximum Gasteiger partial charge on any atom is 0.338 e. The second-order valence-electron chi connectivity index (χ2n) is 5.98. The summed E-state index contributed by atoms with van der Waals surface area (Å²) in [6.45, 7) is 0.406. The smallest absolute Gasteiger partial charge is 0.338 e. The van der Waals surface area contributed by atoms with Gasteiger partial charge in [-0.05, 0) is 17.2 Å². The van der Waals surface area contributed by atoms with Crippen LogP contribution in [-0.2, 0) is 25.6 Å². The molecule has 0 aliphatic carbocycles. The van der Waals surface area contributed by atoms with Gasteiger partial charge in [-0.25, -0.2) is 4.79 Å². The number of ether oxygens (including phenoxy) is 2. The Bertz CT molecular complexity index is 911. The Labute approximate surface area is 158 Å². The molecule has 2 aromatic carbocycles. The summed E-state index contributed by atoms with van der Waals surface area (Å²) >= 11 is 0. The molecule has 0 fully saturated rings. The van der Waals surface area contributed by atoms with Gasteiger partial charge in [-0.1, -0.05) is 54.5 Å². The van der Waals surface area contributed by atoms with Gasteiger partial charge in [0, 0.05) is 5.69 Å². The van der Waals surface area contributed by atoms with Crippen molar-refractivity contribution >= 4 is 17.6 Å². The monoisotopic (exact) mass is 361 g/mol. The minimum absolute atomic E-state index is 0.00319. The molecule has 5 heteroatoms. The first-order valence-corrected chi connectivity index (χ1v) is 8.45. The molecule has 27 heavy (non-hydrogen) atoms. The SMILES string of the molecule is C#CCO/C=C(/C(=O)OC)C1C(=O)N(Cc2ccccc2)c2ccccc21. The average molecular weight is 361 g/mol. The first-order valence-electron chi connectivity index (χ1n) is 8.45. The molecule has 0 radical (unpaired) electrons. The molecule has 0 saturated carbocycles. The molecule has 0 bridgehead atoms. The fourth-order valence-electron chi connectivity index (χ4n) is 3.15. The third-order valence-corrected chi connectivity index (χ3v) is 4.34. The molecule has 1 heterocycles. The highest BCUT2D eigenvalue weighted by Crippen LogP contribution is 2.42. The number of hydrogen-bond acceptors (Lipinski definition) is 4. The summed E-state index contributed by atoms with van der Waals surface area (Å²) in [7, 11) is 1.27. The first kappa shape index (κ1) is 18.3. The third kappa shape index (κ3) is 3.70. The lowest BCUT2D eigenvalue weighted by Crippen LogP contribution is -2.30. The van der Waals surface area contributed by atoms with E-state index < -0.39 is 11.9 Å². The molecule has 0 saturated heterocycles. The summed E-state index contributed by atoms with van der Waals surface area (Å²) in [6.07, 6.45) is 6.43. The molecule has 1 aliphatic rings. The predicted molar refractivity (Wildman–Crippen MR) is 102 cm³/mol. The fraction of sp³-hybridized carbons (Fsp3) is 0.182. The number of terminal acetylenes is 1. The molecule has 5 nitrogen and oxygen atoms in total. The van der Waals surface area contributed by atoms with Crippen molar-refractivity contribution in [3.63, 3.8) is 0 Å². The minimum Gasteiger partial charge on any atom is -0.488 e. The molecule has 1 amide bonds. The number of carbonyl (C=O) groups is 2. The van der Waals surface area contributed by atoms with Crippen LogP contribution in [0.4, 0.5) is 5.69 Å². The van der Waals surface area contributed by atoms with E-state index in [4.69, 9.17) is 15.9 Å². The van der Waals surface area contributed by atoms with E-state index in [1.807, 2.05) is 54.6 Å². The van der Waals surface area contributed by atoms with Gasteiger partial charge in [0.1, 0.15) is 12.5 Å². The van der Waals surface area contributed by atoms with Gasteiger partial charge in [-0.3, -0.25) is 4.79 Å². The number of nitrogens with zero attached hydrogens (tertiary/aromatic N) is 1. The van der Waals surface area contributed by atoms with Crippen LogP contribution < -0.4 is 4.90 Å². The van der Waals surface area contributed by atoms with Gasteiger partial charge < -0.3 is 14.4 Å². The molecule has 1 unspecified atom stereocenters. The second-order valence-corrected chi connectivity index (χ2v) is 5.98. The Morgan fingerprint density at radius 1 is 1.19 bits per heavy atom. The molecular weight excluding hydrogens is 342 g/mol. The second kappa shape index (κ2) is 8.24. The van der Waals surface area contributed by atoms with Crippen LogP contribution in [0.3, 0.4) is 0 Å². The molecule has 2 aromatic rings. The highest BCUT2D eigenvalue weighted by atomic mass is 16.5. The molecule has 0 aromatic heterocycles. The van der Waals surface area contributed by atoms with E-state index in [1.165, 1.54) is 13.4 Å². The summed E-state index contributed by atoms with van der Waals surface area (Å²) in [6, 6.07) is 17.1. The van der Waals surface area contributed by atoms with Gasteiger partial charge in [-0.15, -0.1) is 6.42 Å². The number of hydrogen-bond donors (Lipinski definition) is 0. The zero-order valence-corrected chi connectivity index (χ0v) is 14.9. The maximum atomic E-state index is 13.2. The van der Waals surface area contributed by atoms with Crippen molar-refractivity contribution in [3.8, 4) is 12.3 Å². The highest BCUT2D eigenvalue weighted by Gasteiger charge is 2.42. The molecule has 1 atom stereocenters. The van der Waals surface area contributed by atoms with Gasteiger partial charge in [-0.2, -0.15) is 0 Å². The Morgan fingerprint density at radius 3 is 2.59 bits per heavy atom. The van der Waals surface area contributed by atoms with E-state index in [-0.39, 0.29) is 18.1 Å². The molecule has 3 rings (SSSR count). The summed E-state index contributed by atoms with van der Waals surface area (Å²) in [5.41, 5.74) is 2.62. The highest BCUT2D eigenvalue weighted by molar-refractivity contribution is 6.11. The van der Waals surface area contributed by atoms with Gasteiger partial charge >= 0.3 is 5.97 Å². The molecule has 136 valence electrons. The van der Waals surface area contributed by atoms with Crippen LogP contribution in [0.1, 0.15) is 17.0 Å². The van der Waals surface area contributed by atoms with Crippen LogP contribution >= 0.6 is 0 Å². The van der Waals surface area contributed by atoms with E-state index in [0.29, 0.717) is 6.54 Å². The van der Waals surface area contributed by atoms with Crippen LogP contribution in [0.2, 0.25) is 0 Å². The van der Waals surface area contributed by atoms with Crippen molar-refractivity contribution in [2.24, 2.45) is 0 Å². The first-order chi connectivity index (χ1) is 13.2. The number of fused-ring (bicyclic) bond motifs is 1. The van der Waals surface area contributed by atoms with E-state index in [0.717, 1.165) is 16.8 Å². The Kier molecular flexibility index (Phi) is 5.58. The minimum atomic E-state index is -0.796. The summed E-state index contributed by atoms with van der Waals surface area (Å²) < 4.78 is 10.1. The standard InChI is InChI=1S/C22H19NO4/c1-3-13-27-15-18(22(25)26-2)20-17-11-7-8-12-19(17)23(21(20)24)14-16-9-5-4-6-10-16/h1,4-12,15,20H,13-14H2,2H3/b18-15+. The van der Waals surface area contributed by atoms with E-state index >= 15 is 0 Å². The average Bonchev–Trinajstić information content (AvgIpc) is 2.97. The number of para-hydroxylation sites is 1. The summed E-state index contributed by atoms with van der Waals surface area (Å²) in [4.78, 5) is 27.2. The fourth-order valence-corrected chi connectivity index (χ4v) is 3.15. The topological polar surface area (TPSA) is 55.8 Å². The molecular formula is C22H19NO4. The predicted octanol–water partition coefficient (Wildman–Crippen LogP) is 3.02. The number of esters is 1. The van der Waals surface area contributed by atoms with E-state index in [1.54, 1.807) is 4.90 Å². The lowest BCUT2D eigenvalue weighted by Gasteiger charge is -2.18. The van der Waals surface area contributed by atoms with Crippen LogP contribution in [-0.4, -0.2) is 25.6 Å². The van der Waals surface area contributed by atoms with Crippen molar-refractivity contribution < 1.29 is 19.1 Å². The number of amides is 1.